The number of rotatable bonds is 4. The molecule has 1 aromatic rings. The van der Waals surface area contributed by atoms with Crippen LogP contribution in [0.4, 0.5) is 0 Å². The van der Waals surface area contributed by atoms with E-state index in [1.165, 1.54) is 35.4 Å². The standard InChI is InChI=1S/C18H24N2/c1-3-13-8-17(19-11-13)15-6-5-7-16(10-15)18-9-14(4-2)12-20-18/h5-10,13-14,19-20H,3-4,11-12H2,1-2H3/t13-,14-/m1/s1. The third-order valence-electron chi connectivity index (χ3n) is 4.45. The number of hydrogen-bond acceptors (Lipinski definition) is 2. The van der Waals surface area contributed by atoms with E-state index in [4.69, 9.17) is 0 Å². The molecule has 2 aliphatic heterocycles. The summed E-state index contributed by atoms with van der Waals surface area (Å²) in [5.74, 6) is 1.36. The molecule has 0 amide bonds. The molecular weight excluding hydrogens is 244 g/mol. The Balaban J connectivity index is 1.84. The molecule has 0 fully saturated rings. The summed E-state index contributed by atoms with van der Waals surface area (Å²) in [6, 6.07) is 8.86. The van der Waals surface area contributed by atoms with E-state index in [-0.39, 0.29) is 0 Å². The maximum Gasteiger partial charge on any atom is 0.0377 e. The second kappa shape index (κ2) is 5.74. The topological polar surface area (TPSA) is 24.1 Å². The van der Waals surface area contributed by atoms with Gasteiger partial charge in [-0.25, -0.2) is 0 Å². The van der Waals surface area contributed by atoms with E-state index < -0.39 is 0 Å². The summed E-state index contributed by atoms with van der Waals surface area (Å²) in [6.45, 7) is 6.66. The molecule has 2 N–H and O–H groups in total. The zero-order valence-electron chi connectivity index (χ0n) is 12.4. The Morgan fingerprint density at radius 3 is 1.80 bits per heavy atom. The van der Waals surface area contributed by atoms with Crippen molar-refractivity contribution in [3.05, 3.63) is 47.5 Å². The van der Waals surface area contributed by atoms with Crippen molar-refractivity contribution >= 4 is 11.4 Å². The molecule has 3 rings (SSSR count). The molecule has 2 atom stereocenters. The highest BCUT2D eigenvalue weighted by atomic mass is 14.9. The third-order valence-corrected chi connectivity index (χ3v) is 4.45. The van der Waals surface area contributed by atoms with E-state index in [0.717, 1.165) is 13.1 Å². The van der Waals surface area contributed by atoms with Gasteiger partial charge in [0.15, 0.2) is 0 Å². The Morgan fingerprint density at radius 2 is 1.40 bits per heavy atom. The van der Waals surface area contributed by atoms with Crippen molar-refractivity contribution in [1.82, 2.24) is 10.6 Å². The molecule has 0 bridgehead atoms. The first-order chi connectivity index (χ1) is 9.80. The largest absolute Gasteiger partial charge is 0.384 e. The molecule has 0 spiro atoms. The van der Waals surface area contributed by atoms with Gasteiger partial charge < -0.3 is 10.6 Å². The van der Waals surface area contributed by atoms with Gasteiger partial charge in [-0.3, -0.25) is 0 Å². The smallest absolute Gasteiger partial charge is 0.0377 e. The lowest BCUT2D eigenvalue weighted by molar-refractivity contribution is 0.636. The van der Waals surface area contributed by atoms with Crippen LogP contribution in [0.3, 0.4) is 0 Å². The third kappa shape index (κ3) is 2.60. The van der Waals surface area contributed by atoms with E-state index >= 15 is 0 Å². The quantitative estimate of drug-likeness (QED) is 0.871. The average Bonchev–Trinajstić information content (AvgIpc) is 3.16. The fraction of sp³-hybridized carbons (Fsp3) is 0.444. The van der Waals surface area contributed by atoms with Gasteiger partial charge in [0.2, 0.25) is 0 Å². The summed E-state index contributed by atoms with van der Waals surface area (Å²) in [5.41, 5.74) is 5.20. The molecule has 0 saturated heterocycles. The second-order valence-corrected chi connectivity index (χ2v) is 5.84. The number of benzene rings is 1. The first-order valence-corrected chi connectivity index (χ1v) is 7.82. The summed E-state index contributed by atoms with van der Waals surface area (Å²) in [6.07, 6.45) is 7.18. The lowest BCUT2D eigenvalue weighted by Crippen LogP contribution is -2.12. The molecule has 0 unspecified atom stereocenters. The molecular formula is C18H24N2. The van der Waals surface area contributed by atoms with Gasteiger partial charge in [0, 0.05) is 24.5 Å². The summed E-state index contributed by atoms with van der Waals surface area (Å²) in [4.78, 5) is 0. The Morgan fingerprint density at radius 1 is 0.900 bits per heavy atom. The van der Waals surface area contributed by atoms with Crippen LogP contribution in [0.25, 0.3) is 11.4 Å². The molecule has 106 valence electrons. The summed E-state index contributed by atoms with van der Waals surface area (Å²) >= 11 is 0. The van der Waals surface area contributed by atoms with Crippen molar-refractivity contribution < 1.29 is 0 Å². The highest BCUT2D eigenvalue weighted by molar-refractivity contribution is 5.72. The molecule has 2 nitrogen and oxygen atoms in total. The molecule has 2 aliphatic rings. The highest BCUT2D eigenvalue weighted by Crippen LogP contribution is 2.26. The van der Waals surface area contributed by atoms with Gasteiger partial charge in [-0.2, -0.15) is 0 Å². The molecule has 1 aromatic carbocycles. The van der Waals surface area contributed by atoms with E-state index in [1.54, 1.807) is 0 Å². The zero-order chi connectivity index (χ0) is 13.9. The van der Waals surface area contributed by atoms with Gasteiger partial charge in [0.25, 0.3) is 0 Å². The Bertz CT molecular complexity index is 497. The monoisotopic (exact) mass is 268 g/mol. The molecule has 0 saturated carbocycles. The van der Waals surface area contributed by atoms with Crippen molar-refractivity contribution in [2.75, 3.05) is 13.1 Å². The minimum absolute atomic E-state index is 0.682. The minimum atomic E-state index is 0.682. The molecule has 0 aliphatic carbocycles. The number of nitrogens with one attached hydrogen (secondary N) is 2. The van der Waals surface area contributed by atoms with Gasteiger partial charge in [0.1, 0.15) is 0 Å². The van der Waals surface area contributed by atoms with Gasteiger partial charge in [-0.05, 0) is 41.9 Å². The van der Waals surface area contributed by atoms with Crippen LogP contribution in [0.1, 0.15) is 37.8 Å². The van der Waals surface area contributed by atoms with Crippen molar-refractivity contribution in [1.29, 1.82) is 0 Å². The predicted octanol–water partition coefficient (Wildman–Crippen LogP) is 3.63. The lowest BCUT2D eigenvalue weighted by atomic mass is 10.0. The van der Waals surface area contributed by atoms with Crippen LogP contribution in [-0.2, 0) is 0 Å². The van der Waals surface area contributed by atoms with Crippen LogP contribution in [0.5, 0.6) is 0 Å². The molecule has 2 heteroatoms. The molecule has 0 aromatic heterocycles. The zero-order valence-corrected chi connectivity index (χ0v) is 12.4. The second-order valence-electron chi connectivity index (χ2n) is 5.84. The Kier molecular flexibility index (Phi) is 3.81. The van der Waals surface area contributed by atoms with Crippen LogP contribution in [0.2, 0.25) is 0 Å². The Labute approximate surface area is 122 Å². The average molecular weight is 268 g/mol. The minimum Gasteiger partial charge on any atom is -0.384 e. The summed E-state index contributed by atoms with van der Waals surface area (Å²) in [7, 11) is 0. The molecule has 20 heavy (non-hydrogen) atoms. The summed E-state index contributed by atoms with van der Waals surface area (Å²) in [5, 5.41) is 7.07. The van der Waals surface area contributed by atoms with Gasteiger partial charge >= 0.3 is 0 Å². The fourth-order valence-electron chi connectivity index (χ4n) is 2.96. The first kappa shape index (κ1) is 13.3. The summed E-state index contributed by atoms with van der Waals surface area (Å²) < 4.78 is 0. The Hall–Kier alpha value is -1.70. The van der Waals surface area contributed by atoms with Crippen LogP contribution in [-0.4, -0.2) is 13.1 Å². The van der Waals surface area contributed by atoms with Crippen molar-refractivity contribution in [2.45, 2.75) is 26.7 Å². The molecule has 0 radical (unpaired) electrons. The van der Waals surface area contributed by atoms with E-state index in [2.05, 4.69) is 60.9 Å². The highest BCUT2D eigenvalue weighted by Gasteiger charge is 2.17. The van der Waals surface area contributed by atoms with Crippen molar-refractivity contribution in [3.63, 3.8) is 0 Å². The fourth-order valence-corrected chi connectivity index (χ4v) is 2.96. The van der Waals surface area contributed by atoms with Crippen molar-refractivity contribution in [3.8, 4) is 0 Å². The van der Waals surface area contributed by atoms with Crippen LogP contribution < -0.4 is 10.6 Å². The van der Waals surface area contributed by atoms with Crippen molar-refractivity contribution in [2.24, 2.45) is 11.8 Å². The van der Waals surface area contributed by atoms with Crippen LogP contribution in [0, 0.1) is 11.8 Å². The van der Waals surface area contributed by atoms with Gasteiger partial charge in [-0.1, -0.05) is 44.2 Å². The van der Waals surface area contributed by atoms with Crippen LogP contribution >= 0.6 is 0 Å². The normalized spacial score (nSPS) is 24.9. The SMILES string of the molecule is CC[C@@H]1C=C(c2cccc(C3=C[C@@H](CC)CN3)c2)NC1. The van der Waals surface area contributed by atoms with Gasteiger partial charge in [0.05, 0.1) is 0 Å². The lowest BCUT2D eigenvalue weighted by Gasteiger charge is -2.08. The van der Waals surface area contributed by atoms with E-state index in [1.807, 2.05) is 0 Å². The molecule has 2 heterocycles. The first-order valence-electron chi connectivity index (χ1n) is 7.82. The maximum absolute atomic E-state index is 3.53. The maximum atomic E-state index is 3.53. The van der Waals surface area contributed by atoms with E-state index in [0.29, 0.717) is 11.8 Å². The predicted molar refractivity (Wildman–Crippen MR) is 86.0 cm³/mol. The van der Waals surface area contributed by atoms with Gasteiger partial charge in [-0.15, -0.1) is 0 Å². The van der Waals surface area contributed by atoms with E-state index in [9.17, 15) is 0 Å². The van der Waals surface area contributed by atoms with Crippen LogP contribution in [0.15, 0.2) is 36.4 Å². The number of hydrogen-bond donors (Lipinski definition) is 2.